The van der Waals surface area contributed by atoms with Crippen molar-refractivity contribution in [2.45, 2.75) is 32.7 Å². The summed E-state index contributed by atoms with van der Waals surface area (Å²) in [7, 11) is 1.74. The molecule has 1 unspecified atom stereocenters. The van der Waals surface area contributed by atoms with Crippen molar-refractivity contribution in [2.75, 3.05) is 33.5 Å². The van der Waals surface area contributed by atoms with E-state index in [1.807, 2.05) is 31.2 Å². The van der Waals surface area contributed by atoms with Crippen LogP contribution in [0.2, 0.25) is 0 Å². The third-order valence-corrected chi connectivity index (χ3v) is 2.95. The van der Waals surface area contributed by atoms with E-state index in [0.717, 1.165) is 37.5 Å². The molecule has 0 saturated heterocycles. The molecule has 1 rings (SSSR count). The summed E-state index contributed by atoms with van der Waals surface area (Å²) in [6.45, 7) is 6.95. The van der Waals surface area contributed by atoms with Crippen LogP contribution in [-0.4, -0.2) is 39.5 Å². The zero-order valence-corrected chi connectivity index (χ0v) is 12.9. The van der Waals surface area contributed by atoms with Gasteiger partial charge in [-0.25, -0.2) is 0 Å². The van der Waals surface area contributed by atoms with E-state index in [-0.39, 0.29) is 0 Å². The van der Waals surface area contributed by atoms with Crippen LogP contribution in [0.25, 0.3) is 0 Å². The Morgan fingerprint density at radius 1 is 1.10 bits per heavy atom. The van der Waals surface area contributed by atoms with Crippen molar-refractivity contribution >= 4 is 0 Å². The second-order valence-corrected chi connectivity index (χ2v) is 4.62. The number of ether oxygens (including phenoxy) is 3. The van der Waals surface area contributed by atoms with Crippen LogP contribution in [-0.2, 0) is 4.74 Å². The van der Waals surface area contributed by atoms with Gasteiger partial charge in [0.25, 0.3) is 0 Å². The minimum Gasteiger partial charge on any atom is -0.490 e. The summed E-state index contributed by atoms with van der Waals surface area (Å²) < 4.78 is 16.5. The average molecular weight is 281 g/mol. The van der Waals surface area contributed by atoms with Crippen LogP contribution in [0.5, 0.6) is 11.5 Å². The first-order valence-electron chi connectivity index (χ1n) is 7.38. The lowest BCUT2D eigenvalue weighted by Gasteiger charge is -2.17. The molecule has 0 aliphatic rings. The third kappa shape index (κ3) is 6.26. The molecule has 1 aromatic carbocycles. The van der Waals surface area contributed by atoms with Gasteiger partial charge in [-0.05, 0) is 25.5 Å². The highest BCUT2D eigenvalue weighted by atomic mass is 16.5. The van der Waals surface area contributed by atoms with Crippen LogP contribution in [0.3, 0.4) is 0 Å². The summed E-state index contributed by atoms with van der Waals surface area (Å²) in [5, 5.41) is 3.45. The van der Waals surface area contributed by atoms with E-state index in [4.69, 9.17) is 14.2 Å². The van der Waals surface area contributed by atoms with Crippen molar-refractivity contribution in [3.63, 3.8) is 0 Å². The number of hydrogen-bond donors (Lipinski definition) is 1. The molecule has 0 aliphatic carbocycles. The monoisotopic (exact) mass is 281 g/mol. The van der Waals surface area contributed by atoms with E-state index < -0.39 is 0 Å². The van der Waals surface area contributed by atoms with Gasteiger partial charge < -0.3 is 19.5 Å². The number of benzene rings is 1. The molecule has 1 aromatic rings. The predicted octanol–water partition coefficient (Wildman–Crippen LogP) is 2.87. The summed E-state index contributed by atoms with van der Waals surface area (Å²) in [5.41, 5.74) is 0. The maximum absolute atomic E-state index is 5.77. The predicted molar refractivity (Wildman–Crippen MR) is 81.7 cm³/mol. The van der Waals surface area contributed by atoms with Crippen LogP contribution >= 0.6 is 0 Å². The van der Waals surface area contributed by atoms with Gasteiger partial charge in [0, 0.05) is 19.7 Å². The minimum absolute atomic E-state index is 0.399. The average Bonchev–Trinajstić information content (AvgIpc) is 2.46. The molecular formula is C16H27NO3. The molecule has 0 saturated carbocycles. The number of para-hydroxylation sites is 2. The molecule has 0 bridgehead atoms. The summed E-state index contributed by atoms with van der Waals surface area (Å²) in [5.74, 6) is 1.60. The first-order chi connectivity index (χ1) is 9.81. The van der Waals surface area contributed by atoms with E-state index in [0.29, 0.717) is 19.3 Å². The van der Waals surface area contributed by atoms with Crippen molar-refractivity contribution in [3.05, 3.63) is 24.3 Å². The molecule has 0 heterocycles. The molecule has 0 aliphatic heterocycles. The van der Waals surface area contributed by atoms with E-state index in [1.165, 1.54) is 0 Å². The van der Waals surface area contributed by atoms with Crippen LogP contribution in [0, 0.1) is 0 Å². The smallest absolute Gasteiger partial charge is 0.161 e. The van der Waals surface area contributed by atoms with Crippen molar-refractivity contribution in [2.24, 2.45) is 0 Å². The fourth-order valence-electron chi connectivity index (χ4n) is 2.06. The van der Waals surface area contributed by atoms with Crippen LogP contribution < -0.4 is 14.8 Å². The molecular weight excluding hydrogens is 254 g/mol. The summed E-state index contributed by atoms with van der Waals surface area (Å²) >= 11 is 0. The molecule has 0 radical (unpaired) electrons. The van der Waals surface area contributed by atoms with Crippen LogP contribution in [0.1, 0.15) is 26.7 Å². The normalized spacial score (nSPS) is 12.2. The maximum atomic E-state index is 5.77. The zero-order chi connectivity index (χ0) is 14.6. The fraction of sp³-hybridized carbons (Fsp3) is 0.625. The second-order valence-electron chi connectivity index (χ2n) is 4.62. The molecule has 0 amide bonds. The van der Waals surface area contributed by atoms with Gasteiger partial charge in [0.1, 0.15) is 6.61 Å². The first-order valence-corrected chi connectivity index (χ1v) is 7.38. The highest BCUT2D eigenvalue weighted by Crippen LogP contribution is 2.25. The Balaban J connectivity index is 2.32. The second kappa shape index (κ2) is 10.5. The van der Waals surface area contributed by atoms with Crippen molar-refractivity contribution < 1.29 is 14.2 Å². The molecule has 0 aromatic heterocycles. The van der Waals surface area contributed by atoms with Crippen molar-refractivity contribution in [1.82, 2.24) is 5.32 Å². The molecule has 114 valence electrons. The lowest BCUT2D eigenvalue weighted by Crippen LogP contribution is -2.35. The first kappa shape index (κ1) is 16.8. The standard InChI is InChI=1S/C16H27NO3/c1-4-8-14(13-18-3)17-11-12-20-16-10-7-6-9-15(16)19-5-2/h6-7,9-10,14,17H,4-5,8,11-13H2,1-3H3. The fourth-order valence-corrected chi connectivity index (χ4v) is 2.06. The lowest BCUT2D eigenvalue weighted by atomic mass is 10.2. The van der Waals surface area contributed by atoms with E-state index in [9.17, 15) is 0 Å². The number of methoxy groups -OCH3 is 1. The molecule has 1 atom stereocenters. The van der Waals surface area contributed by atoms with E-state index in [2.05, 4.69) is 12.2 Å². The SMILES string of the molecule is CCCC(COC)NCCOc1ccccc1OCC. The Kier molecular flexibility index (Phi) is 8.83. The highest BCUT2D eigenvalue weighted by Gasteiger charge is 2.07. The Bertz CT molecular complexity index is 351. The topological polar surface area (TPSA) is 39.7 Å². The van der Waals surface area contributed by atoms with Gasteiger partial charge in [-0.2, -0.15) is 0 Å². The minimum atomic E-state index is 0.399. The Labute approximate surface area is 122 Å². The molecule has 0 fully saturated rings. The maximum Gasteiger partial charge on any atom is 0.161 e. The number of nitrogens with one attached hydrogen (secondary N) is 1. The largest absolute Gasteiger partial charge is 0.490 e. The molecule has 0 spiro atoms. The van der Waals surface area contributed by atoms with E-state index >= 15 is 0 Å². The molecule has 4 heteroatoms. The Morgan fingerprint density at radius 3 is 2.40 bits per heavy atom. The van der Waals surface area contributed by atoms with Crippen molar-refractivity contribution in [1.29, 1.82) is 0 Å². The summed E-state index contributed by atoms with van der Waals surface area (Å²) in [4.78, 5) is 0. The van der Waals surface area contributed by atoms with Gasteiger partial charge in [-0.15, -0.1) is 0 Å². The third-order valence-electron chi connectivity index (χ3n) is 2.95. The number of hydrogen-bond acceptors (Lipinski definition) is 4. The van der Waals surface area contributed by atoms with Gasteiger partial charge in [0.2, 0.25) is 0 Å². The summed E-state index contributed by atoms with van der Waals surface area (Å²) in [6, 6.07) is 8.17. The van der Waals surface area contributed by atoms with Gasteiger partial charge >= 0.3 is 0 Å². The van der Waals surface area contributed by atoms with Gasteiger partial charge in [-0.1, -0.05) is 25.5 Å². The van der Waals surface area contributed by atoms with Crippen LogP contribution in [0.15, 0.2) is 24.3 Å². The van der Waals surface area contributed by atoms with E-state index in [1.54, 1.807) is 7.11 Å². The quantitative estimate of drug-likeness (QED) is 0.633. The van der Waals surface area contributed by atoms with Crippen molar-refractivity contribution in [3.8, 4) is 11.5 Å². The molecule has 4 nitrogen and oxygen atoms in total. The highest BCUT2D eigenvalue weighted by molar-refractivity contribution is 5.39. The van der Waals surface area contributed by atoms with Gasteiger partial charge in [0.15, 0.2) is 11.5 Å². The Hall–Kier alpha value is -1.26. The van der Waals surface area contributed by atoms with Crippen LogP contribution in [0.4, 0.5) is 0 Å². The Morgan fingerprint density at radius 2 is 1.80 bits per heavy atom. The van der Waals surface area contributed by atoms with Gasteiger partial charge in [-0.3, -0.25) is 0 Å². The molecule has 1 N–H and O–H groups in total. The summed E-state index contributed by atoms with van der Waals surface area (Å²) in [6.07, 6.45) is 2.26. The zero-order valence-electron chi connectivity index (χ0n) is 12.9. The lowest BCUT2D eigenvalue weighted by molar-refractivity contribution is 0.158. The number of rotatable bonds is 11. The molecule has 20 heavy (non-hydrogen) atoms. The van der Waals surface area contributed by atoms with Gasteiger partial charge in [0.05, 0.1) is 13.2 Å².